The molecule has 0 radical (unpaired) electrons. The average molecular weight is 254 g/mol. The number of aliphatic hydroxyl groups is 1. The van der Waals surface area contributed by atoms with Gasteiger partial charge in [0.2, 0.25) is 0 Å². The van der Waals surface area contributed by atoms with E-state index in [1.807, 2.05) is 24.3 Å². The number of aliphatic hydroxyl groups excluding tert-OH is 1. The van der Waals surface area contributed by atoms with Gasteiger partial charge >= 0.3 is 0 Å². The van der Waals surface area contributed by atoms with Crippen molar-refractivity contribution in [3.05, 3.63) is 34.9 Å². The molecule has 0 spiro atoms. The highest BCUT2D eigenvalue weighted by Gasteiger charge is 2.32. The number of benzene rings is 1. The van der Waals surface area contributed by atoms with Crippen LogP contribution in [0.1, 0.15) is 44.8 Å². The second kappa shape index (κ2) is 4.97. The summed E-state index contributed by atoms with van der Waals surface area (Å²) in [6, 6.07) is 7.62. The number of rotatable bonds is 2. The van der Waals surface area contributed by atoms with Crippen LogP contribution in [0.25, 0.3) is 0 Å². The van der Waals surface area contributed by atoms with Gasteiger partial charge in [-0.15, -0.1) is 0 Å². The molecule has 17 heavy (non-hydrogen) atoms. The fourth-order valence-corrected chi connectivity index (χ4v) is 2.83. The van der Waals surface area contributed by atoms with Crippen LogP contribution in [0.2, 0.25) is 5.02 Å². The van der Waals surface area contributed by atoms with Crippen molar-refractivity contribution in [3.63, 3.8) is 0 Å². The van der Waals surface area contributed by atoms with Crippen LogP contribution in [-0.4, -0.2) is 16.7 Å². The van der Waals surface area contributed by atoms with Crippen molar-refractivity contribution in [1.29, 1.82) is 0 Å². The summed E-state index contributed by atoms with van der Waals surface area (Å²) < 4.78 is 0. The van der Waals surface area contributed by atoms with Crippen LogP contribution in [0.5, 0.6) is 0 Å². The van der Waals surface area contributed by atoms with Crippen molar-refractivity contribution in [1.82, 2.24) is 5.32 Å². The fraction of sp³-hybridized carbons (Fsp3) is 0.571. The maximum atomic E-state index is 10.4. The molecule has 1 heterocycles. The van der Waals surface area contributed by atoms with E-state index >= 15 is 0 Å². The minimum atomic E-state index is -0.525. The van der Waals surface area contributed by atoms with Crippen LogP contribution in [0.15, 0.2) is 24.3 Å². The van der Waals surface area contributed by atoms with E-state index in [1.54, 1.807) is 0 Å². The molecule has 0 bridgehead atoms. The SMILES string of the molecule is CC1(C)CCC[C@H]([C@@H](O)c2ccccc2Cl)N1. The zero-order valence-electron chi connectivity index (χ0n) is 10.4. The highest BCUT2D eigenvalue weighted by Crippen LogP contribution is 2.31. The van der Waals surface area contributed by atoms with Gasteiger partial charge in [-0.25, -0.2) is 0 Å². The maximum absolute atomic E-state index is 10.4. The molecule has 0 aromatic heterocycles. The molecule has 1 aliphatic rings. The van der Waals surface area contributed by atoms with Crippen LogP contribution in [0, 0.1) is 0 Å². The molecule has 1 aromatic rings. The highest BCUT2D eigenvalue weighted by atomic mass is 35.5. The fourth-order valence-electron chi connectivity index (χ4n) is 2.58. The lowest BCUT2D eigenvalue weighted by Gasteiger charge is -2.39. The molecule has 2 atom stereocenters. The van der Waals surface area contributed by atoms with Crippen LogP contribution in [0.3, 0.4) is 0 Å². The van der Waals surface area contributed by atoms with E-state index in [0.29, 0.717) is 5.02 Å². The van der Waals surface area contributed by atoms with Crippen molar-refractivity contribution >= 4 is 11.6 Å². The van der Waals surface area contributed by atoms with Crippen molar-refractivity contribution in [2.24, 2.45) is 0 Å². The van der Waals surface area contributed by atoms with E-state index in [-0.39, 0.29) is 11.6 Å². The van der Waals surface area contributed by atoms with Crippen molar-refractivity contribution < 1.29 is 5.11 Å². The number of hydrogen-bond acceptors (Lipinski definition) is 2. The summed E-state index contributed by atoms with van der Waals surface area (Å²) in [6.45, 7) is 4.36. The lowest BCUT2D eigenvalue weighted by atomic mass is 9.85. The third kappa shape index (κ3) is 3.01. The Bertz CT molecular complexity index is 392. The highest BCUT2D eigenvalue weighted by molar-refractivity contribution is 6.31. The Morgan fingerprint density at radius 1 is 1.41 bits per heavy atom. The predicted molar refractivity (Wildman–Crippen MR) is 71.3 cm³/mol. The summed E-state index contributed by atoms with van der Waals surface area (Å²) in [5.41, 5.74) is 0.926. The van der Waals surface area contributed by atoms with E-state index < -0.39 is 6.10 Å². The first-order valence-electron chi connectivity index (χ1n) is 6.20. The first-order chi connectivity index (χ1) is 7.99. The zero-order chi connectivity index (χ0) is 12.5. The van der Waals surface area contributed by atoms with Gasteiger partial charge in [-0.3, -0.25) is 0 Å². The predicted octanol–water partition coefficient (Wildman–Crippen LogP) is 3.29. The second-order valence-electron chi connectivity index (χ2n) is 5.49. The second-order valence-corrected chi connectivity index (χ2v) is 5.90. The summed E-state index contributed by atoms with van der Waals surface area (Å²) >= 11 is 6.12. The van der Waals surface area contributed by atoms with Gasteiger partial charge in [0.25, 0.3) is 0 Å². The quantitative estimate of drug-likeness (QED) is 0.848. The summed E-state index contributed by atoms with van der Waals surface area (Å²) in [6.07, 6.45) is 2.77. The lowest BCUT2D eigenvalue weighted by Crippen LogP contribution is -2.51. The van der Waals surface area contributed by atoms with Gasteiger partial charge in [-0.1, -0.05) is 29.8 Å². The number of halogens is 1. The van der Waals surface area contributed by atoms with Crippen molar-refractivity contribution in [3.8, 4) is 0 Å². The largest absolute Gasteiger partial charge is 0.387 e. The van der Waals surface area contributed by atoms with E-state index in [9.17, 15) is 5.11 Å². The topological polar surface area (TPSA) is 32.3 Å². The summed E-state index contributed by atoms with van der Waals surface area (Å²) in [4.78, 5) is 0. The van der Waals surface area contributed by atoms with E-state index in [1.165, 1.54) is 0 Å². The van der Waals surface area contributed by atoms with Crippen molar-refractivity contribution in [2.75, 3.05) is 0 Å². The molecular formula is C14H20ClNO. The Labute approximate surface area is 108 Å². The Morgan fingerprint density at radius 2 is 2.12 bits per heavy atom. The zero-order valence-corrected chi connectivity index (χ0v) is 11.2. The van der Waals surface area contributed by atoms with Gasteiger partial charge < -0.3 is 10.4 Å². The van der Waals surface area contributed by atoms with Gasteiger partial charge in [0.05, 0.1) is 6.10 Å². The van der Waals surface area contributed by atoms with Crippen LogP contribution >= 0.6 is 11.6 Å². The minimum Gasteiger partial charge on any atom is -0.387 e. The monoisotopic (exact) mass is 253 g/mol. The molecule has 2 nitrogen and oxygen atoms in total. The van der Waals surface area contributed by atoms with Gasteiger partial charge in [0, 0.05) is 22.2 Å². The van der Waals surface area contributed by atoms with Crippen molar-refractivity contribution in [2.45, 2.75) is 50.8 Å². The molecule has 1 fully saturated rings. The molecule has 1 aliphatic heterocycles. The standard InChI is InChI=1S/C14H20ClNO/c1-14(2)9-5-8-12(16-14)13(17)10-6-3-4-7-11(10)15/h3-4,6-7,12-13,16-17H,5,8-9H2,1-2H3/t12-,13+/m1/s1. The Hall–Kier alpha value is -0.570. The van der Waals surface area contributed by atoms with Crippen LogP contribution < -0.4 is 5.32 Å². The first-order valence-corrected chi connectivity index (χ1v) is 6.57. The van der Waals surface area contributed by atoms with Gasteiger partial charge in [0.1, 0.15) is 0 Å². The smallest absolute Gasteiger partial charge is 0.0957 e. The third-order valence-electron chi connectivity index (χ3n) is 3.50. The Balaban J connectivity index is 2.15. The molecular weight excluding hydrogens is 234 g/mol. The van der Waals surface area contributed by atoms with E-state index in [4.69, 9.17) is 11.6 Å². The molecule has 0 amide bonds. The molecule has 1 aromatic carbocycles. The first kappa shape index (κ1) is 12.9. The molecule has 1 saturated heterocycles. The molecule has 0 aliphatic carbocycles. The lowest BCUT2D eigenvalue weighted by molar-refractivity contribution is 0.0845. The normalized spacial score (nSPS) is 25.5. The van der Waals surface area contributed by atoms with Crippen LogP contribution in [0.4, 0.5) is 0 Å². The summed E-state index contributed by atoms with van der Waals surface area (Å²) in [5, 5.41) is 14.6. The average Bonchev–Trinajstić information content (AvgIpc) is 2.27. The molecule has 94 valence electrons. The Morgan fingerprint density at radius 3 is 2.76 bits per heavy atom. The maximum Gasteiger partial charge on any atom is 0.0957 e. The summed E-state index contributed by atoms with van der Waals surface area (Å²) in [5.74, 6) is 0. The van der Waals surface area contributed by atoms with E-state index in [2.05, 4.69) is 19.2 Å². The third-order valence-corrected chi connectivity index (χ3v) is 3.84. The number of hydrogen-bond donors (Lipinski definition) is 2. The molecule has 2 N–H and O–H groups in total. The van der Waals surface area contributed by atoms with Gasteiger partial charge in [0.15, 0.2) is 0 Å². The molecule has 3 heteroatoms. The summed E-state index contributed by atoms with van der Waals surface area (Å²) in [7, 11) is 0. The van der Waals surface area contributed by atoms with Crippen LogP contribution in [-0.2, 0) is 0 Å². The molecule has 0 saturated carbocycles. The molecule has 0 unspecified atom stereocenters. The number of piperidine rings is 1. The molecule has 2 rings (SSSR count). The van der Waals surface area contributed by atoms with Gasteiger partial charge in [-0.2, -0.15) is 0 Å². The van der Waals surface area contributed by atoms with E-state index in [0.717, 1.165) is 24.8 Å². The Kier molecular flexibility index (Phi) is 3.76. The number of nitrogens with one attached hydrogen (secondary N) is 1. The van der Waals surface area contributed by atoms with Gasteiger partial charge in [-0.05, 0) is 39.2 Å². The minimum absolute atomic E-state index is 0.0960.